The fourth-order valence-electron chi connectivity index (χ4n) is 2.04. The Labute approximate surface area is 131 Å². The molecule has 0 radical (unpaired) electrons. The van der Waals surface area contributed by atoms with Gasteiger partial charge < -0.3 is 4.42 Å². The number of benzene rings is 1. The average Bonchev–Trinajstić information content (AvgIpc) is 2.82. The zero-order valence-electron chi connectivity index (χ0n) is 12.8. The van der Waals surface area contributed by atoms with E-state index in [1.165, 1.54) is 19.1 Å². The van der Waals surface area contributed by atoms with Crippen molar-refractivity contribution in [2.24, 2.45) is 5.10 Å². The summed E-state index contributed by atoms with van der Waals surface area (Å²) in [5.74, 6) is 0.559. The molecule has 1 aromatic carbocycles. The van der Waals surface area contributed by atoms with Gasteiger partial charge in [0.25, 0.3) is 5.91 Å². The zero-order chi connectivity index (χ0) is 17.2. The highest BCUT2D eigenvalue weighted by Crippen LogP contribution is 2.29. The van der Waals surface area contributed by atoms with Gasteiger partial charge in [-0.3, -0.25) is 4.79 Å². The number of carbonyl (C=O) groups is 1. The number of aryl methyl sites for hydroxylation is 2. The van der Waals surface area contributed by atoms with Crippen LogP contribution in [-0.4, -0.2) is 11.6 Å². The van der Waals surface area contributed by atoms with Gasteiger partial charge >= 0.3 is 6.18 Å². The van der Waals surface area contributed by atoms with Crippen molar-refractivity contribution in [3.8, 4) is 0 Å². The third kappa shape index (κ3) is 4.00. The zero-order valence-corrected chi connectivity index (χ0v) is 12.8. The fourth-order valence-corrected chi connectivity index (χ4v) is 2.04. The van der Waals surface area contributed by atoms with E-state index in [1.807, 2.05) is 0 Å². The van der Waals surface area contributed by atoms with Crippen LogP contribution >= 0.6 is 0 Å². The monoisotopic (exact) mass is 324 g/mol. The first-order chi connectivity index (χ1) is 10.7. The maximum atomic E-state index is 12.7. The number of hydrazone groups is 1. The number of hydrogen-bond acceptors (Lipinski definition) is 3. The molecule has 0 atom stereocenters. The largest absolute Gasteiger partial charge is 0.466 e. The number of rotatable bonds is 3. The van der Waals surface area contributed by atoms with E-state index in [0.717, 1.165) is 12.1 Å². The van der Waals surface area contributed by atoms with Crippen molar-refractivity contribution in [1.82, 2.24) is 5.43 Å². The van der Waals surface area contributed by atoms with Crippen LogP contribution in [0.25, 0.3) is 0 Å². The Bertz CT molecular complexity index is 761. The van der Waals surface area contributed by atoms with Gasteiger partial charge in [0.2, 0.25) is 0 Å². The standard InChI is InChI=1S/C16H15F3N2O2/c1-9-7-14(11(3)23-9)15(22)21-20-10(2)12-5-4-6-13(8-12)16(17,18)19/h4-8H,1-3H3,(H,21,22)/b20-10+. The Kier molecular flexibility index (Phi) is 4.58. The van der Waals surface area contributed by atoms with Crippen LogP contribution in [0.15, 0.2) is 39.9 Å². The maximum absolute atomic E-state index is 12.7. The molecule has 0 aliphatic heterocycles. The van der Waals surface area contributed by atoms with Gasteiger partial charge in [0, 0.05) is 0 Å². The van der Waals surface area contributed by atoms with Crippen molar-refractivity contribution in [2.45, 2.75) is 26.9 Å². The molecule has 1 heterocycles. The number of halogens is 3. The minimum atomic E-state index is -4.43. The molecule has 1 aromatic heterocycles. The van der Waals surface area contributed by atoms with Gasteiger partial charge in [-0.05, 0) is 44.5 Å². The molecule has 1 amide bonds. The van der Waals surface area contributed by atoms with E-state index in [-0.39, 0.29) is 11.3 Å². The predicted octanol–water partition coefficient (Wildman–Crippen LogP) is 4.07. The van der Waals surface area contributed by atoms with E-state index >= 15 is 0 Å². The summed E-state index contributed by atoms with van der Waals surface area (Å²) in [5, 5.41) is 3.85. The van der Waals surface area contributed by atoms with Gasteiger partial charge in [-0.25, -0.2) is 5.43 Å². The molecule has 2 aromatic rings. The Balaban J connectivity index is 2.17. The molecule has 23 heavy (non-hydrogen) atoms. The molecule has 0 bridgehead atoms. The molecule has 0 aliphatic carbocycles. The topological polar surface area (TPSA) is 54.6 Å². The molecule has 4 nitrogen and oxygen atoms in total. The molecular formula is C16H15F3N2O2. The molecular weight excluding hydrogens is 309 g/mol. The molecule has 0 aliphatic rings. The number of carbonyl (C=O) groups excluding carboxylic acids is 1. The number of nitrogens with zero attached hydrogens (tertiary/aromatic N) is 1. The lowest BCUT2D eigenvalue weighted by atomic mass is 10.1. The van der Waals surface area contributed by atoms with E-state index in [4.69, 9.17) is 4.42 Å². The van der Waals surface area contributed by atoms with Crippen LogP contribution in [0.2, 0.25) is 0 Å². The summed E-state index contributed by atoms with van der Waals surface area (Å²) >= 11 is 0. The number of amides is 1. The first-order valence-corrected chi connectivity index (χ1v) is 6.78. The summed E-state index contributed by atoms with van der Waals surface area (Å²) in [5.41, 5.74) is 2.43. The normalized spacial score (nSPS) is 12.3. The van der Waals surface area contributed by atoms with E-state index in [9.17, 15) is 18.0 Å². The first-order valence-electron chi connectivity index (χ1n) is 6.78. The lowest BCUT2D eigenvalue weighted by Gasteiger charge is -2.08. The van der Waals surface area contributed by atoms with Gasteiger partial charge in [0.05, 0.1) is 16.8 Å². The summed E-state index contributed by atoms with van der Waals surface area (Å²) < 4.78 is 43.3. The van der Waals surface area contributed by atoms with Crippen molar-refractivity contribution >= 4 is 11.6 Å². The van der Waals surface area contributed by atoms with E-state index in [0.29, 0.717) is 17.1 Å². The lowest BCUT2D eigenvalue weighted by Crippen LogP contribution is -2.19. The van der Waals surface area contributed by atoms with Gasteiger partial charge in [0.1, 0.15) is 11.5 Å². The van der Waals surface area contributed by atoms with Gasteiger partial charge in [-0.2, -0.15) is 18.3 Å². The van der Waals surface area contributed by atoms with Crippen LogP contribution in [-0.2, 0) is 6.18 Å². The van der Waals surface area contributed by atoms with Crippen LogP contribution in [0.1, 0.15) is 39.9 Å². The third-order valence-corrected chi connectivity index (χ3v) is 3.22. The first kappa shape index (κ1) is 16.8. The van der Waals surface area contributed by atoms with Crippen LogP contribution in [0, 0.1) is 13.8 Å². The second-order valence-electron chi connectivity index (χ2n) is 5.04. The van der Waals surface area contributed by atoms with Crippen molar-refractivity contribution in [2.75, 3.05) is 0 Å². The number of hydrogen-bond donors (Lipinski definition) is 1. The quantitative estimate of drug-likeness (QED) is 0.683. The second-order valence-corrected chi connectivity index (χ2v) is 5.04. The van der Waals surface area contributed by atoms with Crippen LogP contribution < -0.4 is 5.43 Å². The maximum Gasteiger partial charge on any atom is 0.416 e. The Morgan fingerprint density at radius 3 is 2.48 bits per heavy atom. The van der Waals surface area contributed by atoms with Crippen molar-refractivity contribution < 1.29 is 22.4 Å². The van der Waals surface area contributed by atoms with Crippen molar-refractivity contribution in [3.05, 3.63) is 58.5 Å². The minimum absolute atomic E-state index is 0.266. The molecule has 2 rings (SSSR count). The highest BCUT2D eigenvalue weighted by atomic mass is 19.4. The fraction of sp³-hybridized carbons (Fsp3) is 0.250. The molecule has 1 N–H and O–H groups in total. The Morgan fingerprint density at radius 1 is 1.22 bits per heavy atom. The molecule has 122 valence electrons. The van der Waals surface area contributed by atoms with Crippen molar-refractivity contribution in [3.63, 3.8) is 0 Å². The average molecular weight is 324 g/mol. The van der Waals surface area contributed by atoms with Gasteiger partial charge in [-0.1, -0.05) is 12.1 Å². The number of nitrogens with one attached hydrogen (secondary N) is 1. The molecule has 7 heteroatoms. The minimum Gasteiger partial charge on any atom is -0.466 e. The summed E-state index contributed by atoms with van der Waals surface area (Å²) in [4.78, 5) is 12.0. The van der Waals surface area contributed by atoms with Crippen LogP contribution in [0.5, 0.6) is 0 Å². The van der Waals surface area contributed by atoms with E-state index < -0.39 is 17.6 Å². The highest BCUT2D eigenvalue weighted by Gasteiger charge is 2.30. The SMILES string of the molecule is C/C(=N\NC(=O)c1cc(C)oc1C)c1cccc(C(F)(F)F)c1. The van der Waals surface area contributed by atoms with Crippen LogP contribution in [0.3, 0.4) is 0 Å². The van der Waals surface area contributed by atoms with E-state index in [1.54, 1.807) is 19.9 Å². The summed E-state index contributed by atoms with van der Waals surface area (Å²) in [6, 6.07) is 6.32. The van der Waals surface area contributed by atoms with E-state index in [2.05, 4.69) is 10.5 Å². The smallest absolute Gasteiger partial charge is 0.416 e. The molecule has 0 saturated heterocycles. The third-order valence-electron chi connectivity index (χ3n) is 3.22. The molecule has 0 unspecified atom stereocenters. The summed E-state index contributed by atoms with van der Waals surface area (Å²) in [7, 11) is 0. The molecule has 0 saturated carbocycles. The lowest BCUT2D eigenvalue weighted by molar-refractivity contribution is -0.137. The van der Waals surface area contributed by atoms with Gasteiger partial charge in [-0.15, -0.1) is 0 Å². The summed E-state index contributed by atoms with van der Waals surface area (Å²) in [6.45, 7) is 4.87. The van der Waals surface area contributed by atoms with Gasteiger partial charge in [0.15, 0.2) is 0 Å². The van der Waals surface area contributed by atoms with Crippen LogP contribution in [0.4, 0.5) is 13.2 Å². The number of alkyl halides is 3. The number of furan rings is 1. The highest BCUT2D eigenvalue weighted by molar-refractivity contribution is 6.01. The Hall–Kier alpha value is -2.57. The van der Waals surface area contributed by atoms with Crippen molar-refractivity contribution in [1.29, 1.82) is 0 Å². The molecule has 0 fully saturated rings. The molecule has 0 spiro atoms. The Morgan fingerprint density at radius 2 is 1.91 bits per heavy atom. The second kappa shape index (κ2) is 6.28. The predicted molar refractivity (Wildman–Crippen MR) is 79.3 cm³/mol. The summed E-state index contributed by atoms with van der Waals surface area (Å²) in [6.07, 6.45) is -4.43.